The van der Waals surface area contributed by atoms with Gasteiger partial charge in [0, 0.05) is 5.56 Å². The summed E-state index contributed by atoms with van der Waals surface area (Å²) in [6.45, 7) is 0. The molecule has 1 aromatic carbocycles. The smallest absolute Gasteiger partial charge is 0.230 e. The fourth-order valence-electron chi connectivity index (χ4n) is 1.20. The maximum absolute atomic E-state index is 13.6. The van der Waals surface area contributed by atoms with Crippen LogP contribution in [0.2, 0.25) is 5.02 Å². The van der Waals surface area contributed by atoms with E-state index in [1.165, 1.54) is 18.3 Å². The van der Waals surface area contributed by atoms with Crippen molar-refractivity contribution in [2.45, 2.75) is 0 Å². The van der Waals surface area contributed by atoms with Gasteiger partial charge in [-0.2, -0.15) is 0 Å². The van der Waals surface area contributed by atoms with Gasteiger partial charge in [-0.15, -0.1) is 0 Å². The van der Waals surface area contributed by atoms with Gasteiger partial charge >= 0.3 is 0 Å². The molecule has 0 aliphatic heterocycles. The third kappa shape index (κ3) is 1.50. The average Bonchev–Trinajstić information content (AvgIpc) is 2.62. The minimum atomic E-state index is -0.758. The van der Waals surface area contributed by atoms with Crippen LogP contribution in [-0.2, 0) is 0 Å². The molecule has 0 aliphatic rings. The summed E-state index contributed by atoms with van der Waals surface area (Å²) in [4.78, 5) is 0. The van der Waals surface area contributed by atoms with Gasteiger partial charge in [-0.1, -0.05) is 16.8 Å². The minimum absolute atomic E-state index is 0.00402. The number of aromatic hydroxyl groups is 1. The molecule has 0 amide bonds. The molecule has 1 heterocycles. The lowest BCUT2D eigenvalue weighted by molar-refractivity contribution is 0.436. The Labute approximate surface area is 89.1 Å². The number of nitrogens with zero attached hydrogens (tertiary/aromatic N) is 1. The summed E-state index contributed by atoms with van der Waals surface area (Å²) in [6.07, 6.45) is 1.28. The zero-order valence-corrected chi connectivity index (χ0v) is 8.12. The molecular formula is C9H6ClFN2O2. The van der Waals surface area contributed by atoms with Gasteiger partial charge in [0.15, 0.2) is 5.82 Å². The van der Waals surface area contributed by atoms with Gasteiger partial charge in [-0.25, -0.2) is 4.39 Å². The summed E-state index contributed by atoms with van der Waals surface area (Å²) in [5, 5.41) is 12.2. The molecule has 0 radical (unpaired) electrons. The second kappa shape index (κ2) is 3.43. The van der Waals surface area contributed by atoms with Gasteiger partial charge in [0.1, 0.15) is 10.8 Å². The van der Waals surface area contributed by atoms with Crippen molar-refractivity contribution < 1.29 is 14.0 Å². The predicted octanol–water partition coefficient (Wildman–Crippen LogP) is 2.42. The van der Waals surface area contributed by atoms with Crippen molar-refractivity contribution in [3.05, 3.63) is 29.2 Å². The summed E-state index contributed by atoms with van der Waals surface area (Å²) >= 11 is 5.54. The molecule has 0 aliphatic carbocycles. The SMILES string of the molecule is Nc1oncc1-c1ccc(O)c(Cl)c1F. The second-order valence-corrected chi connectivity index (χ2v) is 3.24. The molecule has 2 aromatic rings. The normalized spacial score (nSPS) is 10.5. The molecule has 15 heavy (non-hydrogen) atoms. The highest BCUT2D eigenvalue weighted by Crippen LogP contribution is 2.35. The molecule has 0 saturated heterocycles. The number of benzene rings is 1. The summed E-state index contributed by atoms with van der Waals surface area (Å²) in [5.41, 5.74) is 5.86. The van der Waals surface area contributed by atoms with E-state index in [2.05, 4.69) is 9.68 Å². The standard InChI is InChI=1S/C9H6ClFN2O2/c10-7-6(14)2-1-4(8(7)11)5-3-13-15-9(5)12/h1-3,14H,12H2. The third-order valence-electron chi connectivity index (χ3n) is 1.95. The van der Waals surface area contributed by atoms with E-state index in [-0.39, 0.29) is 22.2 Å². The third-order valence-corrected chi connectivity index (χ3v) is 2.31. The number of nitrogens with two attached hydrogens (primary N) is 1. The number of hydrogen-bond donors (Lipinski definition) is 2. The fraction of sp³-hybridized carbons (Fsp3) is 0. The zero-order chi connectivity index (χ0) is 11.0. The Kier molecular flexibility index (Phi) is 2.24. The molecular weight excluding hydrogens is 223 g/mol. The minimum Gasteiger partial charge on any atom is -0.506 e. The molecule has 0 atom stereocenters. The van der Waals surface area contributed by atoms with E-state index in [0.29, 0.717) is 5.56 Å². The first-order valence-corrected chi connectivity index (χ1v) is 4.36. The first-order chi connectivity index (χ1) is 7.11. The molecule has 4 nitrogen and oxygen atoms in total. The average molecular weight is 229 g/mol. The highest BCUT2D eigenvalue weighted by atomic mass is 35.5. The van der Waals surface area contributed by atoms with Crippen LogP contribution in [0.4, 0.5) is 10.3 Å². The number of nitrogen functional groups attached to an aromatic ring is 1. The van der Waals surface area contributed by atoms with Crippen LogP contribution >= 0.6 is 11.6 Å². The Morgan fingerprint density at radius 3 is 2.73 bits per heavy atom. The van der Waals surface area contributed by atoms with Crippen LogP contribution in [-0.4, -0.2) is 10.3 Å². The lowest BCUT2D eigenvalue weighted by Gasteiger charge is -2.03. The summed E-state index contributed by atoms with van der Waals surface area (Å²) < 4.78 is 18.2. The van der Waals surface area contributed by atoms with Crippen molar-refractivity contribution in [2.75, 3.05) is 5.73 Å². The van der Waals surface area contributed by atoms with E-state index >= 15 is 0 Å². The molecule has 0 bridgehead atoms. The van der Waals surface area contributed by atoms with Crippen LogP contribution in [0.15, 0.2) is 22.9 Å². The van der Waals surface area contributed by atoms with Crippen LogP contribution in [0.5, 0.6) is 5.75 Å². The molecule has 2 rings (SSSR count). The lowest BCUT2D eigenvalue weighted by atomic mass is 10.1. The van der Waals surface area contributed by atoms with Gasteiger partial charge in [0.25, 0.3) is 0 Å². The number of anilines is 1. The van der Waals surface area contributed by atoms with Gasteiger partial charge in [-0.3, -0.25) is 0 Å². The summed E-state index contributed by atoms with van der Waals surface area (Å²) in [7, 11) is 0. The summed E-state index contributed by atoms with van der Waals surface area (Å²) in [6, 6.07) is 2.62. The monoisotopic (exact) mass is 228 g/mol. The van der Waals surface area contributed by atoms with Crippen LogP contribution < -0.4 is 5.73 Å². The van der Waals surface area contributed by atoms with Crippen molar-refractivity contribution in [2.24, 2.45) is 0 Å². The quantitative estimate of drug-likeness (QED) is 0.786. The molecule has 3 N–H and O–H groups in total. The predicted molar refractivity (Wildman–Crippen MR) is 53.0 cm³/mol. The van der Waals surface area contributed by atoms with E-state index in [9.17, 15) is 4.39 Å². The molecule has 0 fully saturated rings. The molecule has 0 spiro atoms. The fourth-order valence-corrected chi connectivity index (χ4v) is 1.36. The molecule has 0 unspecified atom stereocenters. The number of hydrogen-bond acceptors (Lipinski definition) is 4. The Balaban J connectivity index is 2.65. The highest BCUT2D eigenvalue weighted by molar-refractivity contribution is 6.32. The zero-order valence-electron chi connectivity index (χ0n) is 7.37. The maximum atomic E-state index is 13.6. The second-order valence-electron chi connectivity index (χ2n) is 2.86. The van der Waals surface area contributed by atoms with Crippen molar-refractivity contribution in [3.8, 4) is 16.9 Å². The number of phenolic OH excluding ortho intramolecular Hbond substituents is 1. The van der Waals surface area contributed by atoms with Gasteiger partial charge < -0.3 is 15.4 Å². The van der Waals surface area contributed by atoms with Crippen LogP contribution in [0, 0.1) is 5.82 Å². The molecule has 0 saturated carbocycles. The number of aromatic nitrogens is 1. The van der Waals surface area contributed by atoms with Crippen molar-refractivity contribution in [1.82, 2.24) is 5.16 Å². The van der Waals surface area contributed by atoms with Gasteiger partial charge in [0.2, 0.25) is 5.88 Å². The number of phenols is 1. The number of rotatable bonds is 1. The van der Waals surface area contributed by atoms with Crippen molar-refractivity contribution >= 4 is 17.5 Å². The Morgan fingerprint density at radius 1 is 1.40 bits per heavy atom. The largest absolute Gasteiger partial charge is 0.506 e. The Bertz CT molecular complexity index is 513. The van der Waals surface area contributed by atoms with Crippen LogP contribution in [0.25, 0.3) is 11.1 Å². The van der Waals surface area contributed by atoms with E-state index in [1.54, 1.807) is 0 Å². The Morgan fingerprint density at radius 2 is 2.13 bits per heavy atom. The molecule has 78 valence electrons. The van der Waals surface area contributed by atoms with Crippen LogP contribution in [0.1, 0.15) is 0 Å². The highest BCUT2D eigenvalue weighted by Gasteiger charge is 2.16. The topological polar surface area (TPSA) is 72.3 Å². The van der Waals surface area contributed by atoms with E-state index in [4.69, 9.17) is 22.4 Å². The van der Waals surface area contributed by atoms with E-state index in [1.807, 2.05) is 0 Å². The molecule has 1 aromatic heterocycles. The van der Waals surface area contributed by atoms with E-state index < -0.39 is 5.82 Å². The first-order valence-electron chi connectivity index (χ1n) is 3.98. The van der Waals surface area contributed by atoms with Crippen molar-refractivity contribution in [1.29, 1.82) is 0 Å². The van der Waals surface area contributed by atoms with Gasteiger partial charge in [0.05, 0.1) is 11.8 Å². The number of halogens is 2. The van der Waals surface area contributed by atoms with Gasteiger partial charge in [-0.05, 0) is 12.1 Å². The van der Waals surface area contributed by atoms with E-state index in [0.717, 1.165) is 0 Å². The Hall–Kier alpha value is -1.75. The molecule has 6 heteroatoms. The first kappa shape index (κ1) is 9.79. The maximum Gasteiger partial charge on any atom is 0.230 e. The van der Waals surface area contributed by atoms with Crippen LogP contribution in [0.3, 0.4) is 0 Å². The van der Waals surface area contributed by atoms with Crippen molar-refractivity contribution in [3.63, 3.8) is 0 Å². The lowest BCUT2D eigenvalue weighted by Crippen LogP contribution is -1.89. The summed E-state index contributed by atoms with van der Waals surface area (Å²) in [5.74, 6) is -1.09.